The van der Waals surface area contributed by atoms with Crippen molar-refractivity contribution in [2.75, 3.05) is 19.7 Å². The van der Waals surface area contributed by atoms with Gasteiger partial charge in [-0.3, -0.25) is 0 Å². The first-order valence-electron chi connectivity index (χ1n) is 3.73. The van der Waals surface area contributed by atoms with Gasteiger partial charge in [0.05, 0.1) is 6.61 Å². The zero-order chi connectivity index (χ0) is 7.24. The van der Waals surface area contributed by atoms with E-state index in [9.17, 15) is 4.39 Å². The first-order chi connectivity index (χ1) is 4.72. The number of alkyl halides is 1. The summed E-state index contributed by atoms with van der Waals surface area (Å²) in [7, 11) is 0. The molecule has 0 aromatic heterocycles. The average Bonchev–Trinajstić information content (AvgIpc) is 2.61. The van der Waals surface area contributed by atoms with Crippen LogP contribution in [0.2, 0.25) is 0 Å². The third-order valence-electron chi connectivity index (χ3n) is 2.92. The van der Waals surface area contributed by atoms with Crippen LogP contribution >= 0.6 is 0 Å². The van der Waals surface area contributed by atoms with Crippen LogP contribution in [0.5, 0.6) is 0 Å². The zero-order valence-electron chi connectivity index (χ0n) is 5.86. The zero-order valence-corrected chi connectivity index (χ0v) is 5.86. The van der Waals surface area contributed by atoms with Gasteiger partial charge >= 0.3 is 0 Å². The highest BCUT2D eigenvalue weighted by Gasteiger charge is 2.62. The Morgan fingerprint density at radius 3 is 2.50 bits per heavy atom. The lowest BCUT2D eigenvalue weighted by molar-refractivity contribution is 0.0381. The van der Waals surface area contributed by atoms with E-state index in [1.54, 1.807) is 0 Å². The van der Waals surface area contributed by atoms with Crippen LogP contribution in [0.1, 0.15) is 12.8 Å². The van der Waals surface area contributed by atoms with Crippen molar-refractivity contribution >= 4 is 0 Å². The highest BCUT2D eigenvalue weighted by Crippen LogP contribution is 2.57. The van der Waals surface area contributed by atoms with E-state index >= 15 is 0 Å². The molecule has 2 rings (SSSR count). The molecular weight excluding hydrogens is 133 g/mol. The van der Waals surface area contributed by atoms with E-state index in [0.29, 0.717) is 6.54 Å². The molecule has 1 unspecified atom stereocenters. The van der Waals surface area contributed by atoms with Crippen molar-refractivity contribution in [1.82, 2.24) is 5.32 Å². The number of aliphatic hydroxyl groups excluding tert-OH is 1. The predicted octanol–water partition coefficient (Wildman–Crippen LogP) is 0.0704. The summed E-state index contributed by atoms with van der Waals surface area (Å²) in [6, 6.07) is 0. The fourth-order valence-corrected chi connectivity index (χ4v) is 1.85. The molecule has 1 heterocycles. The molecule has 1 saturated carbocycles. The van der Waals surface area contributed by atoms with E-state index in [4.69, 9.17) is 5.11 Å². The van der Waals surface area contributed by atoms with Gasteiger partial charge in [0, 0.05) is 18.5 Å². The number of hydrogen-bond acceptors (Lipinski definition) is 2. The SMILES string of the molecule is OCC1(F)CNCC12CC2. The molecule has 1 atom stereocenters. The molecule has 2 N–H and O–H groups in total. The molecule has 0 bridgehead atoms. The molecule has 1 spiro atoms. The minimum absolute atomic E-state index is 0.179. The maximum absolute atomic E-state index is 13.6. The summed E-state index contributed by atoms with van der Waals surface area (Å²) < 4.78 is 13.6. The van der Waals surface area contributed by atoms with Gasteiger partial charge in [0.2, 0.25) is 0 Å². The molecule has 0 amide bonds. The van der Waals surface area contributed by atoms with Crippen LogP contribution < -0.4 is 5.32 Å². The van der Waals surface area contributed by atoms with Crippen molar-refractivity contribution in [3.63, 3.8) is 0 Å². The van der Waals surface area contributed by atoms with Crippen LogP contribution in [0, 0.1) is 5.41 Å². The largest absolute Gasteiger partial charge is 0.393 e. The van der Waals surface area contributed by atoms with Crippen LogP contribution in [-0.4, -0.2) is 30.5 Å². The molecule has 1 saturated heterocycles. The predicted molar refractivity (Wildman–Crippen MR) is 35.5 cm³/mol. The van der Waals surface area contributed by atoms with Crippen molar-refractivity contribution in [2.45, 2.75) is 18.5 Å². The minimum Gasteiger partial charge on any atom is -0.393 e. The van der Waals surface area contributed by atoms with Gasteiger partial charge in [-0.15, -0.1) is 0 Å². The Kier molecular flexibility index (Phi) is 1.12. The molecular formula is C7H12FNO. The van der Waals surface area contributed by atoms with E-state index in [-0.39, 0.29) is 12.0 Å². The second-order valence-corrected chi connectivity index (χ2v) is 3.51. The van der Waals surface area contributed by atoms with Crippen LogP contribution in [0.4, 0.5) is 4.39 Å². The number of rotatable bonds is 1. The van der Waals surface area contributed by atoms with Crippen LogP contribution in [0.25, 0.3) is 0 Å². The summed E-state index contributed by atoms with van der Waals surface area (Å²) in [5, 5.41) is 11.8. The van der Waals surface area contributed by atoms with Gasteiger partial charge in [-0.25, -0.2) is 4.39 Å². The first kappa shape index (κ1) is 6.55. The second kappa shape index (κ2) is 1.71. The number of halogens is 1. The number of aliphatic hydroxyl groups is 1. The summed E-state index contributed by atoms with van der Waals surface area (Å²) in [6.07, 6.45) is 1.88. The summed E-state index contributed by atoms with van der Waals surface area (Å²) in [5.41, 5.74) is -1.49. The Hall–Kier alpha value is -0.150. The van der Waals surface area contributed by atoms with Gasteiger partial charge in [0.25, 0.3) is 0 Å². The fraction of sp³-hybridized carbons (Fsp3) is 1.00. The average molecular weight is 145 g/mol. The highest BCUT2D eigenvalue weighted by molar-refractivity contribution is 5.14. The lowest BCUT2D eigenvalue weighted by atomic mass is 9.90. The van der Waals surface area contributed by atoms with Gasteiger partial charge in [-0.05, 0) is 12.8 Å². The molecule has 58 valence electrons. The Bertz CT molecular complexity index is 158. The third-order valence-corrected chi connectivity index (χ3v) is 2.92. The third kappa shape index (κ3) is 0.596. The highest BCUT2D eigenvalue weighted by atomic mass is 19.1. The molecule has 2 nitrogen and oxygen atoms in total. The molecule has 10 heavy (non-hydrogen) atoms. The van der Waals surface area contributed by atoms with Crippen molar-refractivity contribution < 1.29 is 9.50 Å². The van der Waals surface area contributed by atoms with Gasteiger partial charge < -0.3 is 10.4 Å². The lowest BCUT2D eigenvalue weighted by Gasteiger charge is -2.22. The normalized spacial score (nSPS) is 42.6. The van der Waals surface area contributed by atoms with Gasteiger partial charge in [0.1, 0.15) is 0 Å². The number of nitrogens with one attached hydrogen (secondary N) is 1. The second-order valence-electron chi connectivity index (χ2n) is 3.51. The summed E-state index contributed by atoms with van der Waals surface area (Å²) >= 11 is 0. The van der Waals surface area contributed by atoms with E-state index in [1.165, 1.54) is 0 Å². The van der Waals surface area contributed by atoms with Crippen LogP contribution in [-0.2, 0) is 0 Å². The minimum atomic E-state index is -1.31. The smallest absolute Gasteiger partial charge is 0.153 e. The summed E-state index contributed by atoms with van der Waals surface area (Å²) in [4.78, 5) is 0. The summed E-state index contributed by atoms with van der Waals surface area (Å²) in [5.74, 6) is 0. The standard InChI is InChI=1S/C7H12FNO/c8-7(5-10)4-9-3-6(7)1-2-6/h9-10H,1-5H2. The monoisotopic (exact) mass is 145 g/mol. The molecule has 2 aliphatic rings. The fourth-order valence-electron chi connectivity index (χ4n) is 1.85. The molecule has 0 radical (unpaired) electrons. The van der Waals surface area contributed by atoms with Crippen molar-refractivity contribution in [3.05, 3.63) is 0 Å². The Morgan fingerprint density at radius 2 is 2.10 bits per heavy atom. The van der Waals surface area contributed by atoms with Crippen molar-refractivity contribution in [1.29, 1.82) is 0 Å². The van der Waals surface area contributed by atoms with E-state index in [0.717, 1.165) is 19.4 Å². The van der Waals surface area contributed by atoms with Gasteiger partial charge in [0.15, 0.2) is 5.67 Å². The molecule has 0 aromatic carbocycles. The van der Waals surface area contributed by atoms with Crippen molar-refractivity contribution in [2.24, 2.45) is 5.41 Å². The molecule has 2 fully saturated rings. The Labute approximate surface area is 59.4 Å². The van der Waals surface area contributed by atoms with Gasteiger partial charge in [-0.1, -0.05) is 0 Å². The topological polar surface area (TPSA) is 32.3 Å². The van der Waals surface area contributed by atoms with Crippen LogP contribution in [0.15, 0.2) is 0 Å². The molecule has 0 aromatic rings. The van der Waals surface area contributed by atoms with E-state index in [2.05, 4.69) is 5.32 Å². The lowest BCUT2D eigenvalue weighted by Crippen LogP contribution is -2.38. The van der Waals surface area contributed by atoms with Crippen LogP contribution in [0.3, 0.4) is 0 Å². The Balaban J connectivity index is 2.20. The number of hydrogen-bond donors (Lipinski definition) is 2. The summed E-state index contributed by atoms with van der Waals surface area (Å²) in [6.45, 7) is 0.771. The van der Waals surface area contributed by atoms with Gasteiger partial charge in [-0.2, -0.15) is 0 Å². The Morgan fingerprint density at radius 1 is 1.40 bits per heavy atom. The first-order valence-corrected chi connectivity index (χ1v) is 3.73. The van der Waals surface area contributed by atoms with Crippen molar-refractivity contribution in [3.8, 4) is 0 Å². The van der Waals surface area contributed by atoms with E-state index < -0.39 is 5.67 Å². The molecule has 3 heteroatoms. The maximum Gasteiger partial charge on any atom is 0.153 e. The quantitative estimate of drug-likeness (QED) is 0.547. The van der Waals surface area contributed by atoms with E-state index in [1.807, 2.05) is 0 Å². The molecule has 1 aliphatic carbocycles. The molecule has 1 aliphatic heterocycles. The maximum atomic E-state index is 13.6.